The Bertz CT molecular complexity index is 765. The van der Waals surface area contributed by atoms with Crippen LogP contribution >= 0.6 is 0 Å². The number of para-hydroxylation sites is 2. The third-order valence-corrected chi connectivity index (χ3v) is 3.55. The monoisotopic (exact) mass is 321 g/mol. The van der Waals surface area contributed by atoms with Gasteiger partial charge in [-0.25, -0.2) is 4.79 Å². The van der Waals surface area contributed by atoms with Crippen molar-refractivity contribution in [1.29, 1.82) is 0 Å². The Kier molecular flexibility index (Phi) is 4.96. The van der Waals surface area contributed by atoms with Crippen LogP contribution in [0.3, 0.4) is 0 Å². The molecule has 122 valence electrons. The molecule has 1 aliphatic heterocycles. The first-order chi connectivity index (χ1) is 11.8. The van der Waals surface area contributed by atoms with E-state index in [9.17, 15) is 4.79 Å². The minimum atomic E-state index is -0.379. The molecule has 0 spiro atoms. The van der Waals surface area contributed by atoms with E-state index in [2.05, 4.69) is 17.0 Å². The standard InChI is InChI=1S/C20H19NO3/c1-2-23-20(22)13-12-17-15-21(14-16-8-4-3-5-9-16)18-10-6-7-11-19(18)24-17/h3-13,15H,2,14H2,1H3/b13-12+. The number of allylic oxidation sites excluding steroid dienone is 1. The smallest absolute Gasteiger partial charge is 0.330 e. The van der Waals surface area contributed by atoms with Gasteiger partial charge in [0.25, 0.3) is 0 Å². The third kappa shape index (κ3) is 3.84. The Morgan fingerprint density at radius 2 is 1.88 bits per heavy atom. The molecule has 0 amide bonds. The lowest BCUT2D eigenvalue weighted by atomic mass is 10.1. The molecule has 1 heterocycles. The van der Waals surface area contributed by atoms with Crippen LogP contribution in [0.2, 0.25) is 0 Å². The molecule has 0 radical (unpaired) electrons. The summed E-state index contributed by atoms with van der Waals surface area (Å²) in [5, 5.41) is 0. The largest absolute Gasteiger partial charge is 0.463 e. The molecule has 2 aromatic carbocycles. The minimum absolute atomic E-state index is 0.353. The highest BCUT2D eigenvalue weighted by Crippen LogP contribution is 2.35. The van der Waals surface area contributed by atoms with Gasteiger partial charge in [0.05, 0.1) is 12.3 Å². The van der Waals surface area contributed by atoms with Crippen LogP contribution in [-0.2, 0) is 16.1 Å². The molecule has 0 atom stereocenters. The summed E-state index contributed by atoms with van der Waals surface area (Å²) in [6.45, 7) is 2.85. The zero-order valence-electron chi connectivity index (χ0n) is 13.5. The van der Waals surface area contributed by atoms with E-state index in [-0.39, 0.29) is 5.97 Å². The van der Waals surface area contributed by atoms with Crippen molar-refractivity contribution in [3.05, 3.63) is 84.3 Å². The van der Waals surface area contributed by atoms with Crippen molar-refractivity contribution in [1.82, 2.24) is 0 Å². The third-order valence-electron chi connectivity index (χ3n) is 3.55. The molecule has 0 saturated carbocycles. The van der Waals surface area contributed by atoms with Gasteiger partial charge in [-0.05, 0) is 30.7 Å². The Balaban J connectivity index is 1.85. The van der Waals surface area contributed by atoms with Crippen molar-refractivity contribution in [2.45, 2.75) is 13.5 Å². The molecule has 24 heavy (non-hydrogen) atoms. The van der Waals surface area contributed by atoms with Gasteiger partial charge in [-0.1, -0.05) is 42.5 Å². The zero-order valence-corrected chi connectivity index (χ0v) is 13.5. The molecule has 0 unspecified atom stereocenters. The van der Waals surface area contributed by atoms with Gasteiger partial charge in [0, 0.05) is 18.8 Å². The SMILES string of the molecule is CCOC(=O)/C=C/C1=CN(Cc2ccccc2)c2ccccc2O1. The summed E-state index contributed by atoms with van der Waals surface area (Å²) in [6, 6.07) is 18.0. The summed E-state index contributed by atoms with van der Waals surface area (Å²) in [5.41, 5.74) is 2.19. The highest BCUT2D eigenvalue weighted by atomic mass is 16.5. The van der Waals surface area contributed by atoms with Crippen molar-refractivity contribution in [2.75, 3.05) is 11.5 Å². The first-order valence-corrected chi connectivity index (χ1v) is 7.90. The number of carbonyl (C=O) groups excluding carboxylic acids is 1. The van der Waals surface area contributed by atoms with E-state index >= 15 is 0 Å². The van der Waals surface area contributed by atoms with Crippen molar-refractivity contribution in [2.24, 2.45) is 0 Å². The summed E-state index contributed by atoms with van der Waals surface area (Å²) in [4.78, 5) is 13.6. The fraction of sp³-hybridized carbons (Fsp3) is 0.150. The van der Waals surface area contributed by atoms with Gasteiger partial charge in [0.2, 0.25) is 0 Å². The predicted molar refractivity (Wildman–Crippen MR) is 93.6 cm³/mol. The summed E-state index contributed by atoms with van der Waals surface area (Å²) in [6.07, 6.45) is 4.90. The number of esters is 1. The lowest BCUT2D eigenvalue weighted by Crippen LogP contribution is -2.21. The Labute approximate surface area is 141 Å². The average molecular weight is 321 g/mol. The van der Waals surface area contributed by atoms with E-state index in [0.29, 0.717) is 12.4 Å². The summed E-state index contributed by atoms with van der Waals surface area (Å²) < 4.78 is 10.8. The molecule has 4 nitrogen and oxygen atoms in total. The molecular formula is C20H19NO3. The number of benzene rings is 2. The van der Waals surface area contributed by atoms with Gasteiger partial charge in [-0.3, -0.25) is 0 Å². The fourth-order valence-electron chi connectivity index (χ4n) is 2.49. The number of anilines is 1. The van der Waals surface area contributed by atoms with E-state index < -0.39 is 0 Å². The zero-order chi connectivity index (χ0) is 16.8. The number of ether oxygens (including phenoxy) is 2. The van der Waals surface area contributed by atoms with Crippen LogP contribution in [0, 0.1) is 0 Å². The number of nitrogens with zero attached hydrogens (tertiary/aromatic N) is 1. The molecule has 0 aromatic heterocycles. The fourth-order valence-corrected chi connectivity index (χ4v) is 2.49. The van der Waals surface area contributed by atoms with E-state index in [4.69, 9.17) is 9.47 Å². The summed E-state index contributed by atoms with van der Waals surface area (Å²) in [7, 11) is 0. The minimum Gasteiger partial charge on any atom is -0.463 e. The van der Waals surface area contributed by atoms with E-state index in [1.54, 1.807) is 13.0 Å². The average Bonchev–Trinajstić information content (AvgIpc) is 2.61. The summed E-state index contributed by atoms with van der Waals surface area (Å²) in [5.74, 6) is 0.979. The van der Waals surface area contributed by atoms with Crippen molar-refractivity contribution in [3.63, 3.8) is 0 Å². The van der Waals surface area contributed by atoms with Gasteiger partial charge in [0.15, 0.2) is 5.75 Å². The predicted octanol–water partition coefficient (Wildman–Crippen LogP) is 4.05. The van der Waals surface area contributed by atoms with Crippen molar-refractivity contribution < 1.29 is 14.3 Å². The molecule has 4 heteroatoms. The van der Waals surface area contributed by atoms with E-state index in [1.165, 1.54) is 11.6 Å². The van der Waals surface area contributed by atoms with Crippen LogP contribution in [0.1, 0.15) is 12.5 Å². The van der Waals surface area contributed by atoms with Gasteiger partial charge < -0.3 is 14.4 Å². The van der Waals surface area contributed by atoms with Gasteiger partial charge >= 0.3 is 5.97 Å². The number of hydrogen-bond acceptors (Lipinski definition) is 4. The topological polar surface area (TPSA) is 38.8 Å². The molecule has 0 N–H and O–H groups in total. The van der Waals surface area contributed by atoms with Crippen LogP contribution in [0.15, 0.2) is 78.7 Å². The highest BCUT2D eigenvalue weighted by Gasteiger charge is 2.17. The van der Waals surface area contributed by atoms with Gasteiger partial charge in [-0.15, -0.1) is 0 Å². The van der Waals surface area contributed by atoms with Crippen LogP contribution < -0.4 is 9.64 Å². The van der Waals surface area contributed by atoms with Crippen molar-refractivity contribution >= 4 is 11.7 Å². The Morgan fingerprint density at radius 1 is 1.12 bits per heavy atom. The Morgan fingerprint density at radius 3 is 2.67 bits per heavy atom. The molecule has 0 saturated heterocycles. The normalized spacial score (nSPS) is 13.2. The van der Waals surface area contributed by atoms with Gasteiger partial charge in [0.1, 0.15) is 5.76 Å². The van der Waals surface area contributed by atoms with Gasteiger partial charge in [-0.2, -0.15) is 0 Å². The van der Waals surface area contributed by atoms with E-state index in [0.717, 1.165) is 18.0 Å². The first-order valence-electron chi connectivity index (χ1n) is 7.90. The summed E-state index contributed by atoms with van der Waals surface area (Å²) >= 11 is 0. The molecule has 0 fully saturated rings. The lowest BCUT2D eigenvalue weighted by Gasteiger charge is -2.28. The molecule has 0 aliphatic carbocycles. The maximum absolute atomic E-state index is 11.5. The molecule has 3 rings (SSSR count). The molecule has 1 aliphatic rings. The molecular weight excluding hydrogens is 302 g/mol. The second kappa shape index (κ2) is 7.51. The van der Waals surface area contributed by atoms with Crippen LogP contribution in [0.5, 0.6) is 5.75 Å². The van der Waals surface area contributed by atoms with Crippen molar-refractivity contribution in [3.8, 4) is 5.75 Å². The highest BCUT2D eigenvalue weighted by molar-refractivity contribution is 5.82. The Hall–Kier alpha value is -3.01. The quantitative estimate of drug-likeness (QED) is 0.615. The lowest BCUT2D eigenvalue weighted by molar-refractivity contribution is -0.137. The van der Waals surface area contributed by atoms with Crippen LogP contribution in [0.25, 0.3) is 0 Å². The van der Waals surface area contributed by atoms with Crippen LogP contribution in [-0.4, -0.2) is 12.6 Å². The molecule has 0 bridgehead atoms. The number of rotatable bonds is 5. The molecule has 2 aromatic rings. The number of hydrogen-bond donors (Lipinski definition) is 0. The number of fused-ring (bicyclic) bond motifs is 1. The van der Waals surface area contributed by atoms with E-state index in [1.807, 2.05) is 48.7 Å². The van der Waals surface area contributed by atoms with Crippen LogP contribution in [0.4, 0.5) is 5.69 Å². The second-order valence-corrected chi connectivity index (χ2v) is 5.30. The number of carbonyl (C=O) groups is 1. The second-order valence-electron chi connectivity index (χ2n) is 5.30. The maximum atomic E-state index is 11.5. The maximum Gasteiger partial charge on any atom is 0.330 e. The first kappa shape index (κ1) is 15.9.